The van der Waals surface area contributed by atoms with Gasteiger partial charge in [-0.1, -0.05) is 301 Å². The van der Waals surface area contributed by atoms with Crippen LogP contribution in [0.3, 0.4) is 0 Å². The van der Waals surface area contributed by atoms with Gasteiger partial charge in [-0.15, -0.1) is 0 Å². The summed E-state index contributed by atoms with van der Waals surface area (Å²) >= 11 is 0. The summed E-state index contributed by atoms with van der Waals surface area (Å²) in [4.78, 5) is 38.4. The number of allylic oxidation sites excluding steroid dienone is 8. The van der Waals surface area contributed by atoms with E-state index in [0.717, 1.165) is 83.5 Å². The summed E-state index contributed by atoms with van der Waals surface area (Å²) in [7, 11) is 0. The fourth-order valence-corrected chi connectivity index (χ4v) is 9.80. The summed E-state index contributed by atoms with van der Waals surface area (Å²) < 4.78 is 17.0. The second kappa shape index (κ2) is 63.9. The van der Waals surface area contributed by atoms with E-state index in [9.17, 15) is 14.4 Å². The molecule has 0 saturated heterocycles. The molecule has 0 aliphatic heterocycles. The molecule has 0 saturated carbocycles. The van der Waals surface area contributed by atoms with E-state index in [-0.39, 0.29) is 31.1 Å². The van der Waals surface area contributed by atoms with Crippen LogP contribution in [0.4, 0.5) is 0 Å². The van der Waals surface area contributed by atoms with Crippen LogP contribution < -0.4 is 0 Å². The average Bonchev–Trinajstić information content (AvgIpc) is 3.41. The van der Waals surface area contributed by atoms with Crippen LogP contribution in [-0.2, 0) is 28.6 Å². The molecular weight excluding hydrogens is 925 g/mol. The van der Waals surface area contributed by atoms with Gasteiger partial charge in [0.05, 0.1) is 0 Å². The second-order valence-electron chi connectivity index (χ2n) is 22.4. The Morgan fingerprint density at radius 1 is 0.267 bits per heavy atom. The highest BCUT2D eigenvalue weighted by atomic mass is 16.6. The van der Waals surface area contributed by atoms with Crippen molar-refractivity contribution in [3.05, 3.63) is 48.6 Å². The predicted octanol–water partition coefficient (Wildman–Crippen LogP) is 22.6. The highest BCUT2D eigenvalue weighted by molar-refractivity contribution is 5.71. The Hall–Kier alpha value is -2.63. The van der Waals surface area contributed by atoms with Crippen LogP contribution in [0.5, 0.6) is 0 Å². The summed E-state index contributed by atoms with van der Waals surface area (Å²) in [6, 6.07) is 0. The first-order valence-electron chi connectivity index (χ1n) is 33.1. The predicted molar refractivity (Wildman–Crippen MR) is 325 cm³/mol. The molecule has 1 atom stereocenters. The molecule has 0 fully saturated rings. The van der Waals surface area contributed by atoms with Gasteiger partial charge in [0.2, 0.25) is 0 Å². The molecule has 6 nitrogen and oxygen atoms in total. The third-order valence-electron chi connectivity index (χ3n) is 14.8. The van der Waals surface area contributed by atoms with Gasteiger partial charge in [-0.05, 0) is 83.5 Å². The summed E-state index contributed by atoms with van der Waals surface area (Å²) in [5.41, 5.74) is 0. The van der Waals surface area contributed by atoms with Crippen LogP contribution in [0.15, 0.2) is 48.6 Å². The Morgan fingerprint density at radius 3 is 0.787 bits per heavy atom. The SMILES string of the molecule is CCCCC/C=C\C/C=C\C/C=C\CCCCCCC(=O)OC[C@H](COC(=O)CCCCCCCCCCCCC/C=C\CCCCCCCC)OC(=O)CCCCCCCCCCCCCCCCCCCCC. The summed E-state index contributed by atoms with van der Waals surface area (Å²) in [6.07, 6.45) is 79.7. The Balaban J connectivity index is 4.35. The van der Waals surface area contributed by atoms with E-state index < -0.39 is 6.10 Å². The van der Waals surface area contributed by atoms with E-state index in [0.29, 0.717) is 19.3 Å². The lowest BCUT2D eigenvalue weighted by atomic mass is 10.0. The van der Waals surface area contributed by atoms with Gasteiger partial charge in [-0.2, -0.15) is 0 Å². The summed E-state index contributed by atoms with van der Waals surface area (Å²) in [5, 5.41) is 0. The Bertz CT molecular complexity index is 1300. The van der Waals surface area contributed by atoms with Crippen LogP contribution in [0.1, 0.15) is 355 Å². The molecule has 0 rings (SSSR count). The molecule has 0 unspecified atom stereocenters. The van der Waals surface area contributed by atoms with Gasteiger partial charge in [-0.3, -0.25) is 14.4 Å². The molecule has 0 N–H and O–H groups in total. The maximum atomic E-state index is 12.9. The van der Waals surface area contributed by atoms with Crippen LogP contribution in [0.25, 0.3) is 0 Å². The van der Waals surface area contributed by atoms with Gasteiger partial charge in [0.25, 0.3) is 0 Å². The largest absolute Gasteiger partial charge is 0.462 e. The molecule has 0 aliphatic carbocycles. The third-order valence-corrected chi connectivity index (χ3v) is 14.8. The number of rotatable bonds is 61. The smallest absolute Gasteiger partial charge is 0.306 e. The number of esters is 3. The normalized spacial score (nSPS) is 12.3. The molecule has 438 valence electrons. The Morgan fingerprint density at radius 2 is 0.480 bits per heavy atom. The van der Waals surface area contributed by atoms with Crippen LogP contribution in [0, 0.1) is 0 Å². The number of carbonyl (C=O) groups excluding carboxylic acids is 3. The van der Waals surface area contributed by atoms with Crippen molar-refractivity contribution in [1.82, 2.24) is 0 Å². The lowest BCUT2D eigenvalue weighted by molar-refractivity contribution is -0.167. The van der Waals surface area contributed by atoms with Crippen molar-refractivity contribution in [2.45, 2.75) is 361 Å². The van der Waals surface area contributed by atoms with E-state index in [1.54, 1.807) is 0 Å². The first-order chi connectivity index (χ1) is 37.0. The Kier molecular flexibility index (Phi) is 61.7. The highest BCUT2D eigenvalue weighted by Gasteiger charge is 2.19. The number of hydrogen-bond donors (Lipinski definition) is 0. The number of carbonyl (C=O) groups is 3. The molecule has 0 heterocycles. The molecule has 0 aromatic heterocycles. The monoisotopic (exact) mass is 1050 g/mol. The second-order valence-corrected chi connectivity index (χ2v) is 22.4. The topological polar surface area (TPSA) is 78.9 Å². The maximum Gasteiger partial charge on any atom is 0.306 e. The third kappa shape index (κ3) is 62.1. The zero-order chi connectivity index (χ0) is 54.3. The fourth-order valence-electron chi connectivity index (χ4n) is 9.80. The quantitative estimate of drug-likeness (QED) is 0.0261. The molecule has 0 bridgehead atoms. The van der Waals surface area contributed by atoms with Crippen molar-refractivity contribution < 1.29 is 28.6 Å². The van der Waals surface area contributed by atoms with Crippen molar-refractivity contribution in [3.8, 4) is 0 Å². The number of unbranched alkanes of at least 4 members (excludes halogenated alkanes) is 42. The minimum Gasteiger partial charge on any atom is -0.462 e. The summed E-state index contributed by atoms with van der Waals surface area (Å²) in [5.74, 6) is -0.876. The van der Waals surface area contributed by atoms with Gasteiger partial charge < -0.3 is 14.2 Å². The van der Waals surface area contributed by atoms with E-state index in [2.05, 4.69) is 69.4 Å². The standard InChI is InChI=1S/C69H126O6/c1-4-7-10-13-16-19-22-25-28-31-33-34-36-38-41-44-47-50-53-56-59-62-68(71)74-65-66(64-73-67(70)61-58-55-52-49-46-43-40-37-30-27-24-21-18-15-12-9-6-3)75-69(72)63-60-57-54-51-48-45-42-39-35-32-29-26-23-20-17-14-11-8-5-2/h18,21,25,27-28,30,40,43,66H,4-17,19-20,22-24,26,29,31-39,41-42,44-65H2,1-3H3/b21-18-,28-25-,30-27-,43-40-/t66-/m1/s1. The molecule has 0 aromatic carbocycles. The first-order valence-corrected chi connectivity index (χ1v) is 33.1. The molecule has 0 aromatic rings. The number of ether oxygens (including phenoxy) is 3. The van der Waals surface area contributed by atoms with Gasteiger partial charge in [-0.25, -0.2) is 0 Å². The van der Waals surface area contributed by atoms with E-state index in [4.69, 9.17) is 14.2 Å². The van der Waals surface area contributed by atoms with Gasteiger partial charge >= 0.3 is 17.9 Å². The molecule has 0 radical (unpaired) electrons. The first kappa shape index (κ1) is 72.4. The summed E-state index contributed by atoms with van der Waals surface area (Å²) in [6.45, 7) is 6.65. The van der Waals surface area contributed by atoms with Crippen LogP contribution in [0.2, 0.25) is 0 Å². The molecule has 6 heteroatoms. The van der Waals surface area contributed by atoms with Crippen molar-refractivity contribution in [1.29, 1.82) is 0 Å². The molecule has 75 heavy (non-hydrogen) atoms. The van der Waals surface area contributed by atoms with E-state index in [1.807, 2.05) is 0 Å². The van der Waals surface area contributed by atoms with Gasteiger partial charge in [0, 0.05) is 19.3 Å². The zero-order valence-electron chi connectivity index (χ0n) is 50.3. The fraction of sp³-hybridized carbons (Fsp3) is 0.841. The number of hydrogen-bond acceptors (Lipinski definition) is 6. The molecule has 0 amide bonds. The molecule has 0 spiro atoms. The molecular formula is C69H126O6. The van der Waals surface area contributed by atoms with Gasteiger partial charge in [0.15, 0.2) is 6.10 Å². The average molecular weight is 1050 g/mol. The highest BCUT2D eigenvalue weighted by Crippen LogP contribution is 2.17. The minimum absolute atomic E-state index is 0.0769. The Labute approximate surface area is 467 Å². The van der Waals surface area contributed by atoms with Crippen molar-refractivity contribution >= 4 is 17.9 Å². The van der Waals surface area contributed by atoms with Crippen molar-refractivity contribution in [3.63, 3.8) is 0 Å². The lowest BCUT2D eigenvalue weighted by Crippen LogP contribution is -2.30. The van der Waals surface area contributed by atoms with Crippen molar-refractivity contribution in [2.75, 3.05) is 13.2 Å². The minimum atomic E-state index is -0.782. The van der Waals surface area contributed by atoms with Crippen LogP contribution >= 0.6 is 0 Å². The zero-order valence-corrected chi connectivity index (χ0v) is 50.3. The van der Waals surface area contributed by atoms with E-state index >= 15 is 0 Å². The van der Waals surface area contributed by atoms with Gasteiger partial charge in [0.1, 0.15) is 13.2 Å². The lowest BCUT2D eigenvalue weighted by Gasteiger charge is -2.18. The molecule has 0 aliphatic rings. The maximum absolute atomic E-state index is 12.9. The van der Waals surface area contributed by atoms with E-state index in [1.165, 1.54) is 231 Å². The van der Waals surface area contributed by atoms with Crippen molar-refractivity contribution in [2.24, 2.45) is 0 Å². The van der Waals surface area contributed by atoms with Crippen LogP contribution in [-0.4, -0.2) is 37.2 Å².